The predicted molar refractivity (Wildman–Crippen MR) is 108 cm³/mol. The molecule has 0 spiro atoms. The summed E-state index contributed by atoms with van der Waals surface area (Å²) in [7, 11) is 3.11. The first-order chi connectivity index (χ1) is 13.5. The number of hydrogen-bond acceptors (Lipinski definition) is 6. The molecule has 1 aromatic heterocycles. The van der Waals surface area contributed by atoms with Crippen LogP contribution in [0.5, 0.6) is 11.5 Å². The molecule has 28 heavy (non-hydrogen) atoms. The lowest BCUT2D eigenvalue weighted by molar-refractivity contribution is 0.102. The Kier molecular flexibility index (Phi) is 6.23. The number of amides is 1. The van der Waals surface area contributed by atoms with Crippen molar-refractivity contribution in [2.24, 2.45) is 0 Å². The van der Waals surface area contributed by atoms with E-state index in [2.05, 4.69) is 15.5 Å². The maximum absolute atomic E-state index is 12.9. The van der Waals surface area contributed by atoms with Gasteiger partial charge in [0.25, 0.3) is 5.91 Å². The Morgan fingerprint density at radius 1 is 1.07 bits per heavy atom. The van der Waals surface area contributed by atoms with Crippen molar-refractivity contribution in [3.05, 3.63) is 63.9 Å². The van der Waals surface area contributed by atoms with Crippen LogP contribution in [0.15, 0.2) is 42.5 Å². The molecule has 3 rings (SSSR count). The number of nitrogens with one attached hydrogen (secondary N) is 1. The van der Waals surface area contributed by atoms with Crippen LogP contribution in [-0.2, 0) is 0 Å². The average Bonchev–Trinajstić information content (AvgIpc) is 3.20. The minimum Gasteiger partial charge on any atom is -0.497 e. The number of benzene rings is 2. The van der Waals surface area contributed by atoms with E-state index in [1.165, 1.54) is 24.3 Å². The van der Waals surface area contributed by atoms with E-state index in [9.17, 15) is 9.18 Å². The molecule has 6 nitrogen and oxygen atoms in total. The molecule has 1 N–H and O–H groups in total. The average molecular weight is 420 g/mol. The number of hydrogen-bond donors (Lipinski definition) is 1. The molecule has 0 atom stereocenters. The number of halogens is 2. The minimum absolute atomic E-state index is 0.133. The molecule has 0 saturated carbocycles. The normalized spacial score (nSPS) is 11.2. The largest absolute Gasteiger partial charge is 0.497 e. The van der Waals surface area contributed by atoms with Crippen molar-refractivity contribution >= 4 is 45.6 Å². The van der Waals surface area contributed by atoms with Gasteiger partial charge >= 0.3 is 0 Å². The van der Waals surface area contributed by atoms with Crippen molar-refractivity contribution in [3.8, 4) is 11.5 Å². The molecule has 2 aromatic carbocycles. The zero-order chi connectivity index (χ0) is 20.1. The second kappa shape index (κ2) is 8.81. The van der Waals surface area contributed by atoms with Crippen molar-refractivity contribution in [2.75, 3.05) is 19.5 Å². The summed E-state index contributed by atoms with van der Waals surface area (Å²) in [5, 5.41) is 11.3. The van der Waals surface area contributed by atoms with Crippen molar-refractivity contribution < 1.29 is 18.7 Å². The summed E-state index contributed by atoms with van der Waals surface area (Å²) in [5.41, 5.74) is 1.20. The third-order valence-electron chi connectivity index (χ3n) is 3.59. The van der Waals surface area contributed by atoms with E-state index in [1.807, 2.05) is 0 Å². The van der Waals surface area contributed by atoms with E-state index in [-0.39, 0.29) is 10.8 Å². The number of carbonyl (C=O) groups excluding carboxylic acids is 1. The lowest BCUT2D eigenvalue weighted by atomic mass is 10.2. The van der Waals surface area contributed by atoms with Gasteiger partial charge in [-0.1, -0.05) is 22.9 Å². The van der Waals surface area contributed by atoms with E-state index in [1.54, 1.807) is 38.5 Å². The topological polar surface area (TPSA) is 73.3 Å². The standard InChI is InChI=1S/C19H15ClFN3O3S/c1-26-14-7-11(8-15(10-14)27-2)9-16(20)18-23-24-19(28-18)17(25)22-13-5-3-12(21)4-6-13/h3-10H,1-2H3,(H,22,25)/b16-9-. The highest BCUT2D eigenvalue weighted by Crippen LogP contribution is 2.29. The van der Waals surface area contributed by atoms with Crippen LogP contribution in [0, 0.1) is 5.82 Å². The SMILES string of the molecule is COc1cc(/C=C(\Cl)c2nnc(C(=O)Nc3ccc(F)cc3)s2)cc(OC)c1. The van der Waals surface area contributed by atoms with Gasteiger partial charge in [-0.05, 0) is 48.0 Å². The molecule has 144 valence electrons. The lowest BCUT2D eigenvalue weighted by Crippen LogP contribution is -2.11. The highest BCUT2D eigenvalue weighted by Gasteiger charge is 2.15. The fourth-order valence-electron chi connectivity index (χ4n) is 2.25. The van der Waals surface area contributed by atoms with Crippen molar-refractivity contribution in [1.82, 2.24) is 10.2 Å². The summed E-state index contributed by atoms with van der Waals surface area (Å²) in [6.07, 6.45) is 1.68. The predicted octanol–water partition coefficient (Wildman–Crippen LogP) is 4.68. The summed E-state index contributed by atoms with van der Waals surface area (Å²) < 4.78 is 23.4. The molecular formula is C19H15ClFN3O3S. The monoisotopic (exact) mass is 419 g/mol. The highest BCUT2D eigenvalue weighted by molar-refractivity contribution is 7.15. The lowest BCUT2D eigenvalue weighted by Gasteiger charge is -2.06. The smallest absolute Gasteiger partial charge is 0.286 e. The summed E-state index contributed by atoms with van der Waals surface area (Å²) >= 11 is 7.38. The Labute approximate surface area is 169 Å². The maximum atomic E-state index is 12.9. The molecule has 0 fully saturated rings. The molecule has 0 unspecified atom stereocenters. The molecule has 0 radical (unpaired) electrons. The van der Waals surface area contributed by atoms with E-state index in [4.69, 9.17) is 21.1 Å². The highest BCUT2D eigenvalue weighted by atomic mass is 35.5. The van der Waals surface area contributed by atoms with Gasteiger partial charge in [0, 0.05) is 11.8 Å². The minimum atomic E-state index is -0.456. The Morgan fingerprint density at radius 3 is 2.29 bits per heavy atom. The van der Waals surface area contributed by atoms with Crippen molar-refractivity contribution in [3.63, 3.8) is 0 Å². The van der Waals surface area contributed by atoms with Gasteiger partial charge < -0.3 is 14.8 Å². The molecule has 1 heterocycles. The molecular weight excluding hydrogens is 405 g/mol. The van der Waals surface area contributed by atoms with Gasteiger partial charge in [-0.15, -0.1) is 10.2 Å². The summed E-state index contributed by atoms with van der Waals surface area (Å²) in [4.78, 5) is 12.3. The van der Waals surface area contributed by atoms with Crippen LogP contribution in [0.4, 0.5) is 10.1 Å². The maximum Gasteiger partial charge on any atom is 0.286 e. The molecule has 0 aliphatic carbocycles. The fraction of sp³-hybridized carbons (Fsp3) is 0.105. The van der Waals surface area contributed by atoms with Crippen LogP contribution in [0.1, 0.15) is 20.4 Å². The van der Waals surface area contributed by atoms with Gasteiger partial charge in [0.05, 0.1) is 19.3 Å². The van der Waals surface area contributed by atoms with Crippen LogP contribution in [0.2, 0.25) is 0 Å². The Hall–Kier alpha value is -2.97. The van der Waals surface area contributed by atoms with E-state index >= 15 is 0 Å². The molecule has 0 aliphatic rings. The number of carbonyl (C=O) groups is 1. The number of rotatable bonds is 6. The summed E-state index contributed by atoms with van der Waals surface area (Å²) in [6, 6.07) is 10.7. The van der Waals surface area contributed by atoms with Crippen LogP contribution in [-0.4, -0.2) is 30.3 Å². The van der Waals surface area contributed by atoms with Gasteiger partial charge in [-0.25, -0.2) is 4.39 Å². The number of nitrogens with zero attached hydrogens (tertiary/aromatic N) is 2. The first-order valence-electron chi connectivity index (χ1n) is 7.99. The Bertz CT molecular complexity index is 999. The Balaban J connectivity index is 1.78. The van der Waals surface area contributed by atoms with Crippen LogP contribution in [0.3, 0.4) is 0 Å². The number of anilines is 1. The summed E-state index contributed by atoms with van der Waals surface area (Å²) in [6.45, 7) is 0. The van der Waals surface area contributed by atoms with E-state index in [0.29, 0.717) is 27.2 Å². The van der Waals surface area contributed by atoms with E-state index < -0.39 is 5.91 Å². The molecule has 0 saturated heterocycles. The zero-order valence-corrected chi connectivity index (χ0v) is 16.5. The first-order valence-corrected chi connectivity index (χ1v) is 9.19. The first kappa shape index (κ1) is 19.8. The quantitative estimate of drug-likeness (QED) is 0.627. The second-order valence-electron chi connectivity index (χ2n) is 5.51. The number of methoxy groups -OCH3 is 2. The van der Waals surface area contributed by atoms with Crippen molar-refractivity contribution in [1.29, 1.82) is 0 Å². The Morgan fingerprint density at radius 2 is 1.68 bits per heavy atom. The fourth-order valence-corrected chi connectivity index (χ4v) is 3.18. The van der Waals surface area contributed by atoms with E-state index in [0.717, 1.165) is 16.9 Å². The molecule has 0 aliphatic heterocycles. The number of ether oxygens (including phenoxy) is 2. The molecule has 0 bridgehead atoms. The van der Waals surface area contributed by atoms with Crippen molar-refractivity contribution in [2.45, 2.75) is 0 Å². The van der Waals surface area contributed by atoms with Crippen LogP contribution >= 0.6 is 22.9 Å². The van der Waals surface area contributed by atoms with Gasteiger partial charge in [0.1, 0.15) is 17.3 Å². The summed E-state index contributed by atoms with van der Waals surface area (Å²) in [5.74, 6) is 0.392. The van der Waals surface area contributed by atoms with Gasteiger partial charge in [-0.2, -0.15) is 0 Å². The second-order valence-corrected chi connectivity index (χ2v) is 6.90. The van der Waals surface area contributed by atoms with Gasteiger partial charge in [0.2, 0.25) is 5.01 Å². The van der Waals surface area contributed by atoms with Crippen LogP contribution < -0.4 is 14.8 Å². The third kappa shape index (κ3) is 4.85. The zero-order valence-electron chi connectivity index (χ0n) is 14.9. The molecule has 9 heteroatoms. The third-order valence-corrected chi connectivity index (χ3v) is 4.95. The molecule has 1 amide bonds. The van der Waals surface area contributed by atoms with Gasteiger partial charge in [-0.3, -0.25) is 4.79 Å². The van der Waals surface area contributed by atoms with Crippen LogP contribution in [0.25, 0.3) is 11.1 Å². The van der Waals surface area contributed by atoms with Gasteiger partial charge in [0.15, 0.2) is 5.01 Å². The molecule has 3 aromatic rings. The number of aromatic nitrogens is 2.